The lowest BCUT2D eigenvalue weighted by atomic mass is 10.0. The molecule has 0 atom stereocenters. The second-order valence-corrected chi connectivity index (χ2v) is 7.15. The maximum atomic E-state index is 13.4. The molecule has 3 N–H and O–H groups in total. The van der Waals surface area contributed by atoms with Gasteiger partial charge in [0.2, 0.25) is 0 Å². The van der Waals surface area contributed by atoms with Crippen molar-refractivity contribution in [2.24, 2.45) is 0 Å². The SMILES string of the molecule is Nc1cc(C(F)(F)F)c(CCCCCCCCC(F)(F)F)nc1-c1nnc(SO)o1. The maximum absolute atomic E-state index is 13.4. The largest absolute Gasteiger partial charge is 0.418 e. The molecule has 0 unspecified atom stereocenters. The number of pyridine rings is 1. The number of anilines is 1. The minimum Gasteiger partial charge on any atom is -0.408 e. The molecule has 2 rings (SSSR count). The summed E-state index contributed by atoms with van der Waals surface area (Å²) in [5.74, 6) is -0.219. The van der Waals surface area contributed by atoms with Gasteiger partial charge in [-0.15, -0.1) is 5.10 Å². The first-order chi connectivity index (χ1) is 14.0. The number of nitrogens with two attached hydrogens (primary N) is 1. The molecule has 2 aromatic rings. The second kappa shape index (κ2) is 10.3. The van der Waals surface area contributed by atoms with Gasteiger partial charge in [-0.1, -0.05) is 30.8 Å². The maximum Gasteiger partial charge on any atom is 0.418 e. The number of unbranched alkanes of at least 4 members (excludes halogenated alkanes) is 5. The standard InChI is InChI=1S/C17H20F6N4O2S/c18-16(19,20)8-6-4-2-1-3-5-7-12-10(17(21,22)23)9-11(24)13(25-12)14-26-27-15(29-14)30-28/h9,28H,1-8,24H2. The number of alkyl halides is 6. The van der Waals surface area contributed by atoms with Crippen LogP contribution in [0.1, 0.15) is 56.2 Å². The number of nitrogens with zero attached hydrogens (tertiary/aromatic N) is 3. The Balaban J connectivity index is 2.00. The smallest absolute Gasteiger partial charge is 0.408 e. The number of aromatic nitrogens is 3. The summed E-state index contributed by atoms with van der Waals surface area (Å²) >= 11 is 0.177. The van der Waals surface area contributed by atoms with Crippen LogP contribution in [0.3, 0.4) is 0 Å². The van der Waals surface area contributed by atoms with Gasteiger partial charge in [0.05, 0.1) is 29.0 Å². The molecular formula is C17H20F6N4O2S. The molecule has 0 aliphatic carbocycles. The highest BCUT2D eigenvalue weighted by molar-refractivity contribution is 7.93. The van der Waals surface area contributed by atoms with E-state index in [1.54, 1.807) is 0 Å². The van der Waals surface area contributed by atoms with Gasteiger partial charge in [-0.25, -0.2) is 4.98 Å². The van der Waals surface area contributed by atoms with Crippen molar-refractivity contribution in [1.29, 1.82) is 0 Å². The highest BCUT2D eigenvalue weighted by Gasteiger charge is 2.35. The fraction of sp³-hybridized carbons (Fsp3) is 0.588. The molecule has 0 spiro atoms. The van der Waals surface area contributed by atoms with E-state index in [0.717, 1.165) is 6.07 Å². The zero-order valence-electron chi connectivity index (χ0n) is 15.7. The minimum atomic E-state index is -4.66. The van der Waals surface area contributed by atoms with E-state index in [1.165, 1.54) is 0 Å². The van der Waals surface area contributed by atoms with Gasteiger partial charge in [0.15, 0.2) is 5.69 Å². The summed E-state index contributed by atoms with van der Waals surface area (Å²) in [6.07, 6.45) is -7.07. The summed E-state index contributed by atoms with van der Waals surface area (Å²) in [6.45, 7) is 0. The van der Waals surface area contributed by atoms with Crippen LogP contribution in [-0.2, 0) is 12.6 Å². The highest BCUT2D eigenvalue weighted by Crippen LogP contribution is 2.36. The first-order valence-electron chi connectivity index (χ1n) is 9.10. The Kier molecular flexibility index (Phi) is 8.35. The van der Waals surface area contributed by atoms with E-state index in [9.17, 15) is 26.3 Å². The predicted octanol–water partition coefficient (Wildman–Crippen LogP) is 6.13. The molecule has 0 bridgehead atoms. The van der Waals surface area contributed by atoms with Gasteiger partial charge in [-0.3, -0.25) is 0 Å². The molecule has 0 radical (unpaired) electrons. The third-order valence-corrected chi connectivity index (χ3v) is 4.57. The van der Waals surface area contributed by atoms with Gasteiger partial charge >= 0.3 is 17.6 Å². The van der Waals surface area contributed by atoms with Gasteiger partial charge in [0, 0.05) is 6.42 Å². The van der Waals surface area contributed by atoms with E-state index in [2.05, 4.69) is 15.2 Å². The third-order valence-electron chi connectivity index (χ3n) is 4.25. The lowest BCUT2D eigenvalue weighted by Gasteiger charge is -2.14. The molecule has 0 saturated heterocycles. The fourth-order valence-electron chi connectivity index (χ4n) is 2.84. The van der Waals surface area contributed by atoms with E-state index in [1.807, 2.05) is 0 Å². The Morgan fingerprint density at radius 2 is 1.60 bits per heavy atom. The van der Waals surface area contributed by atoms with Crippen molar-refractivity contribution in [1.82, 2.24) is 15.2 Å². The first-order valence-corrected chi connectivity index (χ1v) is 9.87. The predicted molar refractivity (Wildman–Crippen MR) is 97.5 cm³/mol. The Labute approximate surface area is 172 Å². The lowest BCUT2D eigenvalue weighted by Crippen LogP contribution is -2.13. The number of hydrogen-bond acceptors (Lipinski definition) is 7. The van der Waals surface area contributed by atoms with E-state index in [0.29, 0.717) is 32.1 Å². The Bertz CT molecular complexity index is 826. The molecule has 168 valence electrons. The van der Waals surface area contributed by atoms with Gasteiger partial charge in [0.1, 0.15) is 0 Å². The van der Waals surface area contributed by atoms with Crippen LogP contribution < -0.4 is 5.73 Å². The van der Waals surface area contributed by atoms with Crippen LogP contribution in [0, 0.1) is 0 Å². The van der Waals surface area contributed by atoms with Crippen LogP contribution in [0.4, 0.5) is 32.0 Å². The van der Waals surface area contributed by atoms with Crippen molar-refractivity contribution in [3.63, 3.8) is 0 Å². The monoisotopic (exact) mass is 458 g/mol. The lowest BCUT2D eigenvalue weighted by molar-refractivity contribution is -0.138. The number of halogens is 6. The normalized spacial score (nSPS) is 12.5. The number of nitrogen functional groups attached to an aromatic ring is 1. The third kappa shape index (κ3) is 7.35. The van der Waals surface area contributed by atoms with Crippen molar-refractivity contribution in [2.45, 2.75) is 68.9 Å². The zero-order chi connectivity index (χ0) is 22.4. The zero-order valence-corrected chi connectivity index (χ0v) is 16.5. The molecule has 0 fully saturated rings. The summed E-state index contributed by atoms with van der Waals surface area (Å²) in [5.41, 5.74) is 4.07. The van der Waals surface area contributed by atoms with Crippen LogP contribution in [0.5, 0.6) is 0 Å². The Morgan fingerprint density at radius 3 is 2.17 bits per heavy atom. The van der Waals surface area contributed by atoms with Crippen LogP contribution >= 0.6 is 12.0 Å². The molecule has 13 heteroatoms. The molecule has 30 heavy (non-hydrogen) atoms. The van der Waals surface area contributed by atoms with Gasteiger partial charge in [-0.2, -0.15) is 26.3 Å². The molecule has 0 saturated carbocycles. The average molecular weight is 458 g/mol. The van der Waals surface area contributed by atoms with Crippen LogP contribution in [0.15, 0.2) is 15.7 Å². The molecule has 6 nitrogen and oxygen atoms in total. The summed E-state index contributed by atoms with van der Waals surface area (Å²) in [5, 5.41) is 6.88. The fourth-order valence-corrected chi connectivity index (χ4v) is 3.04. The summed E-state index contributed by atoms with van der Waals surface area (Å²) < 4.78 is 90.3. The van der Waals surface area contributed by atoms with Crippen molar-refractivity contribution >= 4 is 17.7 Å². The van der Waals surface area contributed by atoms with Crippen LogP contribution in [-0.4, -0.2) is 25.9 Å². The van der Waals surface area contributed by atoms with Crippen molar-refractivity contribution in [2.75, 3.05) is 5.73 Å². The average Bonchev–Trinajstić information content (AvgIpc) is 3.11. The summed E-state index contributed by atoms with van der Waals surface area (Å²) in [6, 6.07) is 0.755. The van der Waals surface area contributed by atoms with E-state index in [-0.39, 0.29) is 53.1 Å². The summed E-state index contributed by atoms with van der Waals surface area (Å²) in [4.78, 5) is 3.97. The van der Waals surface area contributed by atoms with Crippen LogP contribution in [0.25, 0.3) is 11.6 Å². The quantitative estimate of drug-likeness (QED) is 0.251. The van der Waals surface area contributed by atoms with Crippen molar-refractivity contribution < 1.29 is 35.3 Å². The second-order valence-electron chi connectivity index (χ2n) is 6.62. The number of aryl methyl sites for hydroxylation is 1. The molecule has 0 amide bonds. The Hall–Kier alpha value is -2.02. The number of hydrogen-bond donors (Lipinski definition) is 2. The van der Waals surface area contributed by atoms with Crippen LogP contribution in [0.2, 0.25) is 0 Å². The molecule has 0 aromatic carbocycles. The van der Waals surface area contributed by atoms with Gasteiger partial charge in [-0.05, 0) is 25.3 Å². The molecule has 2 aromatic heterocycles. The first kappa shape index (κ1) is 24.3. The van der Waals surface area contributed by atoms with Gasteiger partial charge in [0.25, 0.3) is 5.89 Å². The van der Waals surface area contributed by atoms with E-state index in [4.69, 9.17) is 14.7 Å². The molecule has 0 aliphatic heterocycles. The van der Waals surface area contributed by atoms with Crippen molar-refractivity contribution in [3.05, 3.63) is 17.3 Å². The van der Waals surface area contributed by atoms with Crippen molar-refractivity contribution in [3.8, 4) is 11.6 Å². The minimum absolute atomic E-state index is 0.000415. The highest BCUT2D eigenvalue weighted by atomic mass is 32.2. The van der Waals surface area contributed by atoms with Gasteiger partial charge < -0.3 is 14.7 Å². The molecular weight excluding hydrogens is 438 g/mol. The molecule has 0 aliphatic rings. The molecule has 2 heterocycles. The summed E-state index contributed by atoms with van der Waals surface area (Å²) in [7, 11) is 0. The topological polar surface area (TPSA) is 98.1 Å². The van der Waals surface area contributed by atoms with E-state index >= 15 is 0 Å². The van der Waals surface area contributed by atoms with E-state index < -0.39 is 24.3 Å². The Morgan fingerprint density at radius 1 is 0.967 bits per heavy atom. The number of rotatable bonds is 10.